The van der Waals surface area contributed by atoms with Crippen LogP contribution in [0.15, 0.2) is 29.4 Å². The van der Waals surface area contributed by atoms with Crippen molar-refractivity contribution < 1.29 is 0 Å². The number of nitrogens with zero attached hydrogens (tertiary/aromatic N) is 1. The number of thiocarbonyl (C=S) groups is 1. The highest BCUT2D eigenvalue weighted by Gasteiger charge is 2.05. The van der Waals surface area contributed by atoms with Crippen molar-refractivity contribution >= 4 is 23.0 Å². The molecule has 0 aliphatic carbocycles. The van der Waals surface area contributed by atoms with Gasteiger partial charge < -0.3 is 5.73 Å². The molecule has 0 unspecified atom stereocenters. The summed E-state index contributed by atoms with van der Waals surface area (Å²) in [5.74, 6) is 0. The molecular weight excluding hydrogens is 218 g/mol. The van der Waals surface area contributed by atoms with E-state index in [0.717, 1.165) is 24.1 Å². The van der Waals surface area contributed by atoms with E-state index in [4.69, 9.17) is 18.0 Å². The highest BCUT2D eigenvalue weighted by Crippen LogP contribution is 2.12. The molecule has 0 atom stereocenters. The Morgan fingerprint density at radius 3 is 2.62 bits per heavy atom. The van der Waals surface area contributed by atoms with E-state index in [1.165, 1.54) is 5.56 Å². The number of nitrogens with two attached hydrogens (primary N) is 1. The molecule has 0 radical (unpaired) electrons. The van der Waals surface area contributed by atoms with Crippen LogP contribution in [0.2, 0.25) is 0 Å². The molecule has 0 heterocycles. The number of nitrogens with one attached hydrogen (secondary N) is 1. The first-order valence-electron chi connectivity index (χ1n) is 5.39. The molecule has 0 spiro atoms. The van der Waals surface area contributed by atoms with Gasteiger partial charge in [0.05, 0.1) is 5.71 Å². The molecule has 0 saturated carbocycles. The second-order valence-electron chi connectivity index (χ2n) is 3.40. The van der Waals surface area contributed by atoms with Crippen LogP contribution in [0, 0.1) is 0 Å². The number of benzene rings is 1. The fourth-order valence-corrected chi connectivity index (χ4v) is 1.61. The Kier molecular flexibility index (Phi) is 4.92. The van der Waals surface area contributed by atoms with Gasteiger partial charge in [-0.1, -0.05) is 38.1 Å². The van der Waals surface area contributed by atoms with Crippen LogP contribution in [0.4, 0.5) is 0 Å². The molecule has 1 aromatic carbocycles. The maximum atomic E-state index is 5.36. The maximum Gasteiger partial charge on any atom is 0.184 e. The van der Waals surface area contributed by atoms with E-state index in [1.54, 1.807) is 0 Å². The molecule has 0 saturated heterocycles. The topological polar surface area (TPSA) is 50.4 Å². The molecular formula is C12H17N3S. The molecule has 86 valence electrons. The summed E-state index contributed by atoms with van der Waals surface area (Å²) < 4.78 is 0. The quantitative estimate of drug-likeness (QED) is 0.478. The van der Waals surface area contributed by atoms with Gasteiger partial charge in [-0.05, 0) is 30.6 Å². The first-order chi connectivity index (χ1) is 7.69. The average molecular weight is 235 g/mol. The molecule has 0 fully saturated rings. The van der Waals surface area contributed by atoms with Gasteiger partial charge in [0.1, 0.15) is 0 Å². The van der Waals surface area contributed by atoms with Gasteiger partial charge in [-0.15, -0.1) is 0 Å². The number of hydrazone groups is 1. The van der Waals surface area contributed by atoms with Gasteiger partial charge >= 0.3 is 0 Å². The predicted octanol–water partition coefficient (Wildman–Crippen LogP) is 2.20. The van der Waals surface area contributed by atoms with Crippen molar-refractivity contribution in [2.24, 2.45) is 10.8 Å². The summed E-state index contributed by atoms with van der Waals surface area (Å²) in [4.78, 5) is 0. The lowest BCUT2D eigenvalue weighted by Crippen LogP contribution is -2.25. The minimum atomic E-state index is 0.194. The van der Waals surface area contributed by atoms with Crippen LogP contribution in [-0.2, 0) is 6.42 Å². The molecule has 16 heavy (non-hydrogen) atoms. The second kappa shape index (κ2) is 6.23. The summed E-state index contributed by atoms with van der Waals surface area (Å²) >= 11 is 4.73. The summed E-state index contributed by atoms with van der Waals surface area (Å²) in [6.45, 7) is 4.19. The minimum Gasteiger partial charge on any atom is -0.375 e. The Hall–Kier alpha value is -1.42. The molecule has 0 aliphatic heterocycles. The first kappa shape index (κ1) is 12.6. The monoisotopic (exact) mass is 235 g/mol. The zero-order chi connectivity index (χ0) is 12.0. The van der Waals surface area contributed by atoms with Gasteiger partial charge in [0, 0.05) is 5.56 Å². The Labute approximate surface area is 102 Å². The summed E-state index contributed by atoms with van der Waals surface area (Å²) in [7, 11) is 0. The molecule has 4 heteroatoms. The Balaban J connectivity index is 3.03. The molecule has 0 aliphatic rings. The smallest absolute Gasteiger partial charge is 0.184 e. The summed E-state index contributed by atoms with van der Waals surface area (Å²) in [5, 5.41) is 4.42. The number of hydrogen-bond donors (Lipinski definition) is 2. The summed E-state index contributed by atoms with van der Waals surface area (Å²) in [6, 6.07) is 8.24. The van der Waals surface area contributed by atoms with E-state index in [9.17, 15) is 0 Å². The lowest BCUT2D eigenvalue weighted by molar-refractivity contribution is 1.01. The molecule has 0 bridgehead atoms. The molecule has 3 N–H and O–H groups in total. The Bertz CT molecular complexity index is 399. The van der Waals surface area contributed by atoms with E-state index in [0.29, 0.717) is 0 Å². The van der Waals surface area contributed by atoms with E-state index in [-0.39, 0.29) is 5.11 Å². The van der Waals surface area contributed by atoms with Crippen LogP contribution >= 0.6 is 12.2 Å². The van der Waals surface area contributed by atoms with Gasteiger partial charge in [-0.3, -0.25) is 5.43 Å². The predicted molar refractivity (Wildman–Crippen MR) is 72.6 cm³/mol. The van der Waals surface area contributed by atoms with E-state index in [2.05, 4.69) is 36.5 Å². The third-order valence-corrected chi connectivity index (χ3v) is 2.44. The van der Waals surface area contributed by atoms with Crippen LogP contribution in [0.1, 0.15) is 31.4 Å². The van der Waals surface area contributed by atoms with E-state index in [1.807, 2.05) is 12.1 Å². The third-order valence-electron chi connectivity index (χ3n) is 2.35. The molecule has 1 aromatic rings. The highest BCUT2D eigenvalue weighted by molar-refractivity contribution is 7.80. The van der Waals surface area contributed by atoms with Crippen LogP contribution < -0.4 is 11.2 Å². The van der Waals surface area contributed by atoms with Gasteiger partial charge in [-0.2, -0.15) is 5.10 Å². The van der Waals surface area contributed by atoms with Crippen LogP contribution in [0.5, 0.6) is 0 Å². The standard InChI is InChI=1S/C12H17N3S/c1-3-9-7-5-6-8-10(9)11(4-2)14-15-12(13)16/h5-8H,3-4H2,1-2H3,(H3,13,15,16). The lowest BCUT2D eigenvalue weighted by atomic mass is 10.00. The van der Waals surface area contributed by atoms with Crippen LogP contribution in [0.3, 0.4) is 0 Å². The molecule has 3 nitrogen and oxygen atoms in total. The molecule has 1 rings (SSSR count). The van der Waals surface area contributed by atoms with Crippen molar-refractivity contribution in [2.75, 3.05) is 0 Å². The highest BCUT2D eigenvalue weighted by atomic mass is 32.1. The van der Waals surface area contributed by atoms with E-state index >= 15 is 0 Å². The third kappa shape index (κ3) is 3.31. The van der Waals surface area contributed by atoms with Crippen molar-refractivity contribution in [3.05, 3.63) is 35.4 Å². The number of hydrogen-bond acceptors (Lipinski definition) is 2. The zero-order valence-corrected chi connectivity index (χ0v) is 10.5. The number of aryl methyl sites for hydroxylation is 1. The zero-order valence-electron chi connectivity index (χ0n) is 9.66. The second-order valence-corrected chi connectivity index (χ2v) is 3.84. The fraction of sp³-hybridized carbons (Fsp3) is 0.333. The van der Waals surface area contributed by atoms with Crippen LogP contribution in [0.25, 0.3) is 0 Å². The van der Waals surface area contributed by atoms with Gasteiger partial charge in [0.2, 0.25) is 0 Å². The minimum absolute atomic E-state index is 0.194. The van der Waals surface area contributed by atoms with Crippen molar-refractivity contribution in [3.63, 3.8) is 0 Å². The SMILES string of the molecule is CCC(=NNC(N)=S)c1ccccc1CC. The Morgan fingerprint density at radius 1 is 1.38 bits per heavy atom. The van der Waals surface area contributed by atoms with Gasteiger partial charge in [0.15, 0.2) is 5.11 Å². The normalized spacial score (nSPS) is 11.2. The average Bonchev–Trinajstić information content (AvgIpc) is 2.30. The van der Waals surface area contributed by atoms with Gasteiger partial charge in [0.25, 0.3) is 0 Å². The largest absolute Gasteiger partial charge is 0.375 e. The van der Waals surface area contributed by atoms with Crippen molar-refractivity contribution in [1.82, 2.24) is 5.43 Å². The lowest BCUT2D eigenvalue weighted by Gasteiger charge is -2.09. The maximum absolute atomic E-state index is 5.36. The van der Waals surface area contributed by atoms with Crippen molar-refractivity contribution in [3.8, 4) is 0 Å². The summed E-state index contributed by atoms with van der Waals surface area (Å²) in [5.41, 5.74) is 11.4. The fourth-order valence-electron chi connectivity index (χ4n) is 1.56. The van der Waals surface area contributed by atoms with Crippen molar-refractivity contribution in [1.29, 1.82) is 0 Å². The summed E-state index contributed by atoms with van der Waals surface area (Å²) in [6.07, 6.45) is 1.83. The van der Waals surface area contributed by atoms with E-state index < -0.39 is 0 Å². The van der Waals surface area contributed by atoms with Gasteiger partial charge in [-0.25, -0.2) is 0 Å². The van der Waals surface area contributed by atoms with Crippen molar-refractivity contribution in [2.45, 2.75) is 26.7 Å². The Morgan fingerprint density at radius 2 is 2.06 bits per heavy atom. The molecule has 0 amide bonds. The molecule has 0 aromatic heterocycles. The number of rotatable bonds is 4. The van der Waals surface area contributed by atoms with Crippen LogP contribution in [-0.4, -0.2) is 10.8 Å². The first-order valence-corrected chi connectivity index (χ1v) is 5.80.